The first-order valence-corrected chi connectivity index (χ1v) is 7.38. The minimum atomic E-state index is -0.229. The van der Waals surface area contributed by atoms with Crippen LogP contribution in [-0.2, 0) is 4.79 Å². The zero-order chi connectivity index (χ0) is 16.1. The molecule has 2 aromatic carbocycles. The zero-order valence-corrected chi connectivity index (χ0v) is 13.8. The molecule has 0 heterocycles. The van der Waals surface area contributed by atoms with Gasteiger partial charge in [0.2, 0.25) is 5.91 Å². The van der Waals surface area contributed by atoms with Gasteiger partial charge in [-0.1, -0.05) is 29.3 Å². The number of benzene rings is 2. The molecule has 4 nitrogen and oxygen atoms in total. The first-order chi connectivity index (χ1) is 10.5. The Morgan fingerprint density at radius 3 is 2.64 bits per heavy atom. The van der Waals surface area contributed by atoms with Gasteiger partial charge < -0.3 is 15.4 Å². The Morgan fingerprint density at radius 1 is 1.14 bits per heavy atom. The van der Waals surface area contributed by atoms with Gasteiger partial charge in [-0.3, -0.25) is 4.79 Å². The molecule has 0 fully saturated rings. The second-order valence-electron chi connectivity index (χ2n) is 4.73. The second kappa shape index (κ2) is 7.38. The van der Waals surface area contributed by atoms with E-state index in [1.165, 1.54) is 0 Å². The molecule has 2 rings (SSSR count). The van der Waals surface area contributed by atoms with E-state index < -0.39 is 0 Å². The van der Waals surface area contributed by atoms with Crippen molar-refractivity contribution < 1.29 is 9.53 Å². The van der Waals surface area contributed by atoms with Gasteiger partial charge in [-0.25, -0.2) is 0 Å². The molecule has 0 saturated carbocycles. The maximum absolute atomic E-state index is 12.0. The maximum Gasteiger partial charge on any atom is 0.243 e. The highest BCUT2D eigenvalue weighted by atomic mass is 35.5. The number of ether oxygens (including phenoxy) is 1. The predicted octanol–water partition coefficient (Wildman–Crippen LogP) is 4.36. The lowest BCUT2D eigenvalue weighted by molar-refractivity contribution is -0.114. The monoisotopic (exact) mass is 338 g/mol. The largest absolute Gasteiger partial charge is 0.495 e. The molecular formula is C16H16Cl2N2O2. The highest BCUT2D eigenvalue weighted by molar-refractivity contribution is 6.35. The molecule has 6 heteroatoms. The van der Waals surface area contributed by atoms with E-state index in [1.54, 1.807) is 25.3 Å². The third-order valence-corrected chi connectivity index (χ3v) is 3.56. The highest BCUT2D eigenvalue weighted by Gasteiger charge is 2.08. The van der Waals surface area contributed by atoms with Crippen LogP contribution in [0.4, 0.5) is 11.4 Å². The van der Waals surface area contributed by atoms with Gasteiger partial charge in [0, 0.05) is 5.02 Å². The summed E-state index contributed by atoms with van der Waals surface area (Å²) in [5, 5.41) is 6.70. The number of carbonyl (C=O) groups is 1. The molecular weight excluding hydrogens is 323 g/mol. The first-order valence-electron chi connectivity index (χ1n) is 6.63. The molecule has 0 aliphatic carbocycles. The maximum atomic E-state index is 12.0. The SMILES string of the molecule is COc1ccc(C)cc1NCC(=O)Nc1cc(Cl)ccc1Cl. The minimum Gasteiger partial charge on any atom is -0.495 e. The fraction of sp³-hybridized carbons (Fsp3) is 0.188. The molecule has 22 heavy (non-hydrogen) atoms. The van der Waals surface area contributed by atoms with E-state index in [-0.39, 0.29) is 12.5 Å². The van der Waals surface area contributed by atoms with Gasteiger partial charge in [-0.15, -0.1) is 0 Å². The first kappa shape index (κ1) is 16.5. The summed E-state index contributed by atoms with van der Waals surface area (Å²) in [7, 11) is 1.58. The number of rotatable bonds is 5. The molecule has 0 radical (unpaired) electrons. The van der Waals surface area contributed by atoms with Crippen molar-refractivity contribution in [2.75, 3.05) is 24.3 Å². The third kappa shape index (κ3) is 4.29. The number of aryl methyl sites for hydroxylation is 1. The molecule has 0 bridgehead atoms. The summed E-state index contributed by atoms with van der Waals surface area (Å²) in [6, 6.07) is 10.6. The fourth-order valence-electron chi connectivity index (χ4n) is 1.92. The average molecular weight is 339 g/mol. The van der Waals surface area contributed by atoms with Crippen molar-refractivity contribution in [2.24, 2.45) is 0 Å². The predicted molar refractivity (Wildman–Crippen MR) is 91.3 cm³/mol. The van der Waals surface area contributed by atoms with E-state index >= 15 is 0 Å². The number of anilines is 2. The molecule has 2 aromatic rings. The lowest BCUT2D eigenvalue weighted by atomic mass is 10.2. The van der Waals surface area contributed by atoms with E-state index in [1.807, 2.05) is 25.1 Å². The molecule has 0 saturated heterocycles. The Kier molecular flexibility index (Phi) is 5.52. The molecule has 0 unspecified atom stereocenters. The number of hydrogen-bond donors (Lipinski definition) is 2. The zero-order valence-electron chi connectivity index (χ0n) is 12.2. The van der Waals surface area contributed by atoms with Gasteiger partial charge >= 0.3 is 0 Å². The minimum absolute atomic E-state index is 0.0860. The Balaban J connectivity index is 2.01. The summed E-state index contributed by atoms with van der Waals surface area (Å²) in [4.78, 5) is 12.0. The van der Waals surface area contributed by atoms with Crippen LogP contribution in [-0.4, -0.2) is 19.6 Å². The van der Waals surface area contributed by atoms with Crippen LogP contribution in [0.2, 0.25) is 10.0 Å². The summed E-state index contributed by atoms with van der Waals surface area (Å²) in [5.41, 5.74) is 2.31. The van der Waals surface area contributed by atoms with Gasteiger partial charge in [0.05, 0.1) is 30.1 Å². The Bertz CT molecular complexity index is 690. The normalized spacial score (nSPS) is 10.2. The number of amides is 1. The van der Waals surface area contributed by atoms with Crippen molar-refractivity contribution in [2.45, 2.75) is 6.92 Å². The van der Waals surface area contributed by atoms with Crippen molar-refractivity contribution in [1.82, 2.24) is 0 Å². The molecule has 0 atom stereocenters. The molecule has 116 valence electrons. The van der Waals surface area contributed by atoms with Gasteiger partial charge in [0.15, 0.2) is 0 Å². The van der Waals surface area contributed by atoms with Crippen LogP contribution in [0.5, 0.6) is 5.75 Å². The number of nitrogens with one attached hydrogen (secondary N) is 2. The Hall–Kier alpha value is -1.91. The van der Waals surface area contributed by atoms with Crippen LogP contribution in [0, 0.1) is 6.92 Å². The van der Waals surface area contributed by atoms with Crippen LogP contribution in [0.15, 0.2) is 36.4 Å². The molecule has 0 spiro atoms. The summed E-state index contributed by atoms with van der Waals surface area (Å²) in [6.45, 7) is 2.05. The molecule has 2 N–H and O–H groups in total. The molecule has 0 aliphatic heterocycles. The van der Waals surface area contributed by atoms with Crippen molar-refractivity contribution >= 4 is 40.5 Å². The van der Waals surface area contributed by atoms with E-state index in [9.17, 15) is 4.79 Å². The van der Waals surface area contributed by atoms with Crippen molar-refractivity contribution in [3.63, 3.8) is 0 Å². The van der Waals surface area contributed by atoms with Crippen LogP contribution in [0.1, 0.15) is 5.56 Å². The number of carbonyl (C=O) groups excluding carboxylic acids is 1. The molecule has 0 aromatic heterocycles. The van der Waals surface area contributed by atoms with Gasteiger partial charge in [0.1, 0.15) is 5.75 Å². The van der Waals surface area contributed by atoms with Crippen molar-refractivity contribution in [3.05, 3.63) is 52.0 Å². The standard InChI is InChI=1S/C16H16Cl2N2O2/c1-10-3-6-15(22-2)14(7-10)19-9-16(21)20-13-8-11(17)4-5-12(13)18/h3-8,19H,9H2,1-2H3,(H,20,21). The average Bonchev–Trinajstić information content (AvgIpc) is 2.49. The summed E-state index contributed by atoms with van der Waals surface area (Å²) < 4.78 is 5.25. The van der Waals surface area contributed by atoms with Crippen LogP contribution in [0.25, 0.3) is 0 Å². The van der Waals surface area contributed by atoms with Gasteiger partial charge in [0.25, 0.3) is 0 Å². The van der Waals surface area contributed by atoms with Crippen molar-refractivity contribution in [1.29, 1.82) is 0 Å². The summed E-state index contributed by atoms with van der Waals surface area (Å²) >= 11 is 11.9. The van der Waals surface area contributed by atoms with Crippen LogP contribution >= 0.6 is 23.2 Å². The van der Waals surface area contributed by atoms with Gasteiger partial charge in [-0.2, -0.15) is 0 Å². The van der Waals surface area contributed by atoms with Crippen LogP contribution in [0.3, 0.4) is 0 Å². The third-order valence-electron chi connectivity index (χ3n) is 3.00. The van der Waals surface area contributed by atoms with Gasteiger partial charge in [-0.05, 0) is 42.8 Å². The summed E-state index contributed by atoms with van der Waals surface area (Å²) in [5.74, 6) is 0.451. The smallest absolute Gasteiger partial charge is 0.243 e. The number of hydrogen-bond acceptors (Lipinski definition) is 3. The second-order valence-corrected chi connectivity index (χ2v) is 5.57. The van der Waals surface area contributed by atoms with Crippen molar-refractivity contribution in [3.8, 4) is 5.75 Å². The lowest BCUT2D eigenvalue weighted by Crippen LogP contribution is -2.22. The molecule has 1 amide bonds. The number of halogens is 2. The number of methoxy groups -OCH3 is 1. The molecule has 0 aliphatic rings. The Labute approximate surface area is 139 Å². The van der Waals surface area contributed by atoms with E-state index in [2.05, 4.69) is 10.6 Å². The van der Waals surface area contributed by atoms with E-state index in [4.69, 9.17) is 27.9 Å². The lowest BCUT2D eigenvalue weighted by Gasteiger charge is -2.12. The van der Waals surface area contributed by atoms with E-state index in [0.717, 1.165) is 11.3 Å². The highest BCUT2D eigenvalue weighted by Crippen LogP contribution is 2.26. The van der Waals surface area contributed by atoms with E-state index in [0.29, 0.717) is 21.5 Å². The quantitative estimate of drug-likeness (QED) is 0.851. The fourth-order valence-corrected chi connectivity index (χ4v) is 2.26. The Morgan fingerprint density at radius 2 is 1.91 bits per heavy atom. The summed E-state index contributed by atoms with van der Waals surface area (Å²) in [6.07, 6.45) is 0. The topological polar surface area (TPSA) is 50.4 Å². The van der Waals surface area contributed by atoms with Crippen LogP contribution < -0.4 is 15.4 Å².